The number of nitrogens with two attached hydrogens (primary N) is 1. The molecule has 2 saturated carbocycles. The summed E-state index contributed by atoms with van der Waals surface area (Å²) in [4.78, 5) is 14.7. The molecule has 0 saturated heterocycles. The Hall–Kier alpha value is -4.32. The topological polar surface area (TPSA) is 152 Å². The zero-order valence-electron chi connectivity index (χ0n) is 26.2. The highest BCUT2D eigenvalue weighted by Crippen LogP contribution is 2.40. The van der Waals surface area contributed by atoms with E-state index in [0.717, 1.165) is 37.7 Å². The highest BCUT2D eigenvalue weighted by molar-refractivity contribution is 5.84. The third-order valence-corrected chi connectivity index (χ3v) is 9.79. The van der Waals surface area contributed by atoms with Gasteiger partial charge in [-0.15, -0.1) is 0 Å². The molecule has 6 N–H and O–H groups in total. The summed E-state index contributed by atoms with van der Waals surface area (Å²) in [6.07, 6.45) is 8.65. The van der Waals surface area contributed by atoms with Crippen molar-refractivity contribution >= 4 is 22.9 Å². The fraction of sp³-hybridized carbons (Fsp3) is 0.429. The molecular formula is C35H43N9O2. The molecule has 5 aromatic rings. The van der Waals surface area contributed by atoms with E-state index >= 15 is 0 Å². The maximum absolute atomic E-state index is 11.3. The number of imidazole rings is 1. The van der Waals surface area contributed by atoms with Crippen LogP contribution in [0.2, 0.25) is 0 Å². The van der Waals surface area contributed by atoms with E-state index in [1.807, 2.05) is 29.1 Å². The summed E-state index contributed by atoms with van der Waals surface area (Å²) in [5, 5.41) is 34.1. The number of benzene rings is 2. The zero-order chi connectivity index (χ0) is 31.6. The smallest absolute Gasteiger partial charge is 0.227 e. The predicted octanol–water partition coefficient (Wildman–Crippen LogP) is 4.42. The molecule has 11 nitrogen and oxygen atoms in total. The van der Waals surface area contributed by atoms with Crippen molar-refractivity contribution in [3.05, 3.63) is 96.1 Å². The maximum Gasteiger partial charge on any atom is 0.227 e. The first-order valence-electron chi connectivity index (χ1n) is 16.5. The summed E-state index contributed by atoms with van der Waals surface area (Å²) >= 11 is 0. The first-order chi connectivity index (χ1) is 22.5. The SMILES string of the molecule is CCc1cnn([C@H]2C[C@@H](n3cnc4c(NCC(c5ccccc5)c5ccccc5)nc(NC5CCC(N)CC5)nc43)[C@H](O)[C@@H]2O)c1. The molecule has 4 atom stereocenters. The Balaban J connectivity index is 1.23. The minimum atomic E-state index is -1.01. The van der Waals surface area contributed by atoms with Gasteiger partial charge in [0.2, 0.25) is 5.95 Å². The minimum Gasteiger partial charge on any atom is -0.388 e. The molecule has 2 aliphatic carbocycles. The van der Waals surface area contributed by atoms with Crippen LogP contribution < -0.4 is 16.4 Å². The Morgan fingerprint density at radius 3 is 2.24 bits per heavy atom. The molecule has 2 aliphatic rings. The fourth-order valence-electron chi connectivity index (χ4n) is 7.06. The molecule has 240 valence electrons. The van der Waals surface area contributed by atoms with Crippen LogP contribution in [-0.4, -0.2) is 70.3 Å². The molecule has 0 bridgehead atoms. The van der Waals surface area contributed by atoms with Gasteiger partial charge in [0.15, 0.2) is 17.0 Å². The average molecular weight is 622 g/mol. The van der Waals surface area contributed by atoms with Crippen molar-refractivity contribution in [3.63, 3.8) is 0 Å². The molecule has 0 aliphatic heterocycles. The fourth-order valence-corrected chi connectivity index (χ4v) is 7.06. The van der Waals surface area contributed by atoms with Gasteiger partial charge in [0.1, 0.15) is 12.2 Å². The van der Waals surface area contributed by atoms with E-state index < -0.39 is 18.2 Å². The third-order valence-electron chi connectivity index (χ3n) is 9.79. The van der Waals surface area contributed by atoms with E-state index in [1.54, 1.807) is 11.0 Å². The van der Waals surface area contributed by atoms with E-state index in [1.165, 1.54) is 11.1 Å². The monoisotopic (exact) mass is 621 g/mol. The van der Waals surface area contributed by atoms with Crippen LogP contribution in [0.25, 0.3) is 11.2 Å². The van der Waals surface area contributed by atoms with Crippen LogP contribution in [0.4, 0.5) is 11.8 Å². The minimum absolute atomic E-state index is 0.0837. The van der Waals surface area contributed by atoms with Crippen LogP contribution in [-0.2, 0) is 6.42 Å². The summed E-state index contributed by atoms with van der Waals surface area (Å²) in [5.74, 6) is 1.22. The number of aromatic nitrogens is 6. The van der Waals surface area contributed by atoms with Gasteiger partial charge in [-0.2, -0.15) is 15.1 Å². The second-order valence-electron chi connectivity index (χ2n) is 12.8. The molecule has 0 unspecified atom stereocenters. The number of nitrogens with one attached hydrogen (secondary N) is 2. The first kappa shape index (κ1) is 30.3. The Morgan fingerprint density at radius 2 is 1.59 bits per heavy atom. The van der Waals surface area contributed by atoms with E-state index in [2.05, 4.69) is 71.2 Å². The molecule has 2 aromatic carbocycles. The van der Waals surface area contributed by atoms with Crippen molar-refractivity contribution in [2.75, 3.05) is 17.2 Å². The first-order valence-corrected chi connectivity index (χ1v) is 16.5. The van der Waals surface area contributed by atoms with Crippen molar-refractivity contribution in [1.29, 1.82) is 0 Å². The van der Waals surface area contributed by atoms with Gasteiger partial charge >= 0.3 is 0 Å². The molecule has 0 radical (unpaired) electrons. The Bertz CT molecular complexity index is 1690. The van der Waals surface area contributed by atoms with E-state index in [-0.39, 0.29) is 24.0 Å². The van der Waals surface area contributed by atoms with Crippen molar-refractivity contribution in [2.45, 2.75) is 87.7 Å². The van der Waals surface area contributed by atoms with Gasteiger partial charge in [0, 0.05) is 30.7 Å². The number of anilines is 2. The number of aliphatic hydroxyl groups is 2. The van der Waals surface area contributed by atoms with Gasteiger partial charge in [-0.1, -0.05) is 67.6 Å². The number of aryl methyl sites for hydroxylation is 1. The van der Waals surface area contributed by atoms with Crippen LogP contribution in [0, 0.1) is 0 Å². The molecule has 0 spiro atoms. The number of nitrogens with zero attached hydrogens (tertiary/aromatic N) is 6. The Morgan fingerprint density at radius 1 is 0.913 bits per heavy atom. The third kappa shape index (κ3) is 6.10. The van der Waals surface area contributed by atoms with Gasteiger partial charge in [-0.25, -0.2) is 4.98 Å². The summed E-state index contributed by atoms with van der Waals surface area (Å²) in [5.41, 5.74) is 10.9. The lowest BCUT2D eigenvalue weighted by Gasteiger charge is -2.27. The molecule has 3 heterocycles. The summed E-state index contributed by atoms with van der Waals surface area (Å²) in [7, 11) is 0. The predicted molar refractivity (Wildman–Crippen MR) is 179 cm³/mol. The van der Waals surface area contributed by atoms with Crippen LogP contribution >= 0.6 is 0 Å². The van der Waals surface area contributed by atoms with Crippen molar-refractivity contribution < 1.29 is 10.2 Å². The van der Waals surface area contributed by atoms with E-state index in [4.69, 9.17) is 20.7 Å². The van der Waals surface area contributed by atoms with Crippen LogP contribution in [0.15, 0.2) is 79.4 Å². The molecule has 11 heteroatoms. The Kier molecular flexibility index (Phi) is 8.70. The lowest BCUT2D eigenvalue weighted by atomic mass is 9.91. The lowest BCUT2D eigenvalue weighted by molar-refractivity contribution is 0.00721. The van der Waals surface area contributed by atoms with Crippen molar-refractivity contribution in [2.24, 2.45) is 5.73 Å². The van der Waals surface area contributed by atoms with Gasteiger partial charge in [-0.3, -0.25) is 4.68 Å². The zero-order valence-corrected chi connectivity index (χ0v) is 26.2. The second-order valence-corrected chi connectivity index (χ2v) is 12.8. The van der Waals surface area contributed by atoms with E-state index in [9.17, 15) is 10.2 Å². The van der Waals surface area contributed by atoms with Crippen LogP contribution in [0.1, 0.15) is 73.7 Å². The lowest BCUT2D eigenvalue weighted by Crippen LogP contribution is -2.33. The highest BCUT2D eigenvalue weighted by atomic mass is 16.3. The summed E-state index contributed by atoms with van der Waals surface area (Å²) in [6, 6.07) is 20.6. The average Bonchev–Trinajstić information content (AvgIpc) is 3.81. The number of aliphatic hydroxyl groups excluding tert-OH is 2. The normalized spacial score (nSPS) is 24.9. The molecule has 0 amide bonds. The summed E-state index contributed by atoms with van der Waals surface area (Å²) in [6.45, 7) is 2.67. The van der Waals surface area contributed by atoms with Gasteiger partial charge < -0.3 is 31.1 Å². The highest BCUT2D eigenvalue weighted by Gasteiger charge is 2.44. The second kappa shape index (κ2) is 13.2. The number of hydrogen-bond acceptors (Lipinski definition) is 9. The van der Waals surface area contributed by atoms with Gasteiger partial charge in [-0.05, 0) is 55.2 Å². The molecule has 46 heavy (non-hydrogen) atoms. The molecular weight excluding hydrogens is 578 g/mol. The summed E-state index contributed by atoms with van der Waals surface area (Å²) < 4.78 is 3.68. The molecule has 7 rings (SSSR count). The van der Waals surface area contributed by atoms with Crippen LogP contribution in [0.3, 0.4) is 0 Å². The maximum atomic E-state index is 11.3. The Labute approximate surface area is 268 Å². The number of hydrogen-bond donors (Lipinski definition) is 5. The van der Waals surface area contributed by atoms with Crippen molar-refractivity contribution in [3.8, 4) is 0 Å². The van der Waals surface area contributed by atoms with Crippen molar-refractivity contribution in [1.82, 2.24) is 29.3 Å². The van der Waals surface area contributed by atoms with Gasteiger partial charge in [0.25, 0.3) is 0 Å². The molecule has 3 aromatic heterocycles. The number of rotatable bonds is 10. The standard InChI is InChI=1S/C35H43N9O2/c1-2-22-18-39-44(20-22)29-17-28(31(45)32(29)46)43-21-38-30-33(41-35(42-34(30)43)40-26-15-13-25(36)14-16-26)37-19-27(23-9-5-3-6-10-23)24-11-7-4-8-12-24/h3-12,18,20-21,25-29,31-32,45-46H,2,13-17,19,36H2,1H3,(H2,37,40,41,42)/t25?,26?,28-,29+,31+,32-/m1/s1. The van der Waals surface area contributed by atoms with Crippen LogP contribution in [0.5, 0.6) is 0 Å². The van der Waals surface area contributed by atoms with Gasteiger partial charge in [0.05, 0.1) is 24.6 Å². The van der Waals surface area contributed by atoms with E-state index in [0.29, 0.717) is 35.9 Å². The number of fused-ring (bicyclic) bond motifs is 1. The molecule has 2 fully saturated rings. The largest absolute Gasteiger partial charge is 0.388 e. The quantitative estimate of drug-likeness (QED) is 0.153.